The van der Waals surface area contributed by atoms with E-state index >= 15 is 0 Å². The highest BCUT2D eigenvalue weighted by atomic mass is 32.2. The number of fused-ring (bicyclic) bond motifs is 1. The standard InChI is InChI=1S/C17H19FN4O2S/c1-19-25(23,24)14-6-3-12(4-7-14)10-22(2)11-17-20-15-8-5-13(18)9-16(15)21-17/h3-9,19H,10-11H2,1-2H3,(H,20,21). The summed E-state index contributed by atoms with van der Waals surface area (Å²) in [6, 6.07) is 11.2. The minimum atomic E-state index is -3.42. The third-order valence-electron chi connectivity index (χ3n) is 3.87. The number of imidazole rings is 1. The van der Waals surface area contributed by atoms with Crippen molar-refractivity contribution in [3.63, 3.8) is 0 Å². The van der Waals surface area contributed by atoms with E-state index < -0.39 is 10.0 Å². The van der Waals surface area contributed by atoms with Crippen LogP contribution in [-0.2, 0) is 23.1 Å². The molecule has 0 atom stereocenters. The molecule has 0 aliphatic carbocycles. The topological polar surface area (TPSA) is 78.1 Å². The fourth-order valence-electron chi connectivity index (χ4n) is 2.62. The van der Waals surface area contributed by atoms with Crippen LogP contribution >= 0.6 is 0 Å². The van der Waals surface area contributed by atoms with Crippen molar-refractivity contribution in [1.82, 2.24) is 19.6 Å². The number of hydrogen-bond acceptors (Lipinski definition) is 4. The molecule has 3 aromatic rings. The maximum Gasteiger partial charge on any atom is 0.240 e. The zero-order chi connectivity index (χ0) is 18.0. The van der Waals surface area contributed by atoms with Gasteiger partial charge in [0, 0.05) is 6.54 Å². The summed E-state index contributed by atoms with van der Waals surface area (Å²) >= 11 is 0. The van der Waals surface area contributed by atoms with Gasteiger partial charge in [0.2, 0.25) is 10.0 Å². The van der Waals surface area contributed by atoms with Gasteiger partial charge in [-0.2, -0.15) is 0 Å². The zero-order valence-electron chi connectivity index (χ0n) is 14.0. The summed E-state index contributed by atoms with van der Waals surface area (Å²) in [6.07, 6.45) is 0. The van der Waals surface area contributed by atoms with E-state index in [4.69, 9.17) is 0 Å². The number of sulfonamides is 1. The molecule has 6 nitrogen and oxygen atoms in total. The normalized spacial score (nSPS) is 12.2. The summed E-state index contributed by atoms with van der Waals surface area (Å²) in [5.41, 5.74) is 2.39. The molecule has 1 aromatic heterocycles. The number of aromatic amines is 1. The number of benzene rings is 2. The van der Waals surface area contributed by atoms with E-state index in [0.29, 0.717) is 18.6 Å². The van der Waals surface area contributed by atoms with Crippen molar-refractivity contribution in [3.8, 4) is 0 Å². The lowest BCUT2D eigenvalue weighted by Crippen LogP contribution is -2.19. The SMILES string of the molecule is CNS(=O)(=O)c1ccc(CN(C)Cc2nc3ccc(F)cc3[nH]2)cc1. The third-order valence-corrected chi connectivity index (χ3v) is 5.30. The molecule has 0 unspecified atom stereocenters. The van der Waals surface area contributed by atoms with Crippen LogP contribution in [0.5, 0.6) is 0 Å². The van der Waals surface area contributed by atoms with E-state index in [9.17, 15) is 12.8 Å². The first-order valence-corrected chi connectivity index (χ1v) is 9.21. The summed E-state index contributed by atoms with van der Waals surface area (Å²) < 4.78 is 39.0. The molecule has 0 bridgehead atoms. The van der Waals surface area contributed by atoms with Gasteiger partial charge >= 0.3 is 0 Å². The molecular weight excluding hydrogens is 343 g/mol. The largest absolute Gasteiger partial charge is 0.341 e. The van der Waals surface area contributed by atoms with E-state index in [1.54, 1.807) is 30.3 Å². The highest BCUT2D eigenvalue weighted by Gasteiger charge is 2.11. The molecule has 0 spiro atoms. The summed E-state index contributed by atoms with van der Waals surface area (Å²) in [5.74, 6) is 0.449. The van der Waals surface area contributed by atoms with Gasteiger partial charge < -0.3 is 4.98 Å². The Morgan fingerprint density at radius 3 is 2.56 bits per heavy atom. The van der Waals surface area contributed by atoms with Crippen LogP contribution in [0.1, 0.15) is 11.4 Å². The van der Waals surface area contributed by atoms with Gasteiger partial charge in [-0.3, -0.25) is 4.90 Å². The van der Waals surface area contributed by atoms with Gasteiger partial charge in [0.05, 0.1) is 22.5 Å². The van der Waals surface area contributed by atoms with E-state index in [-0.39, 0.29) is 10.7 Å². The second kappa shape index (κ2) is 6.91. The average molecular weight is 362 g/mol. The van der Waals surface area contributed by atoms with Gasteiger partial charge in [0.15, 0.2) is 0 Å². The molecule has 8 heteroatoms. The highest BCUT2D eigenvalue weighted by molar-refractivity contribution is 7.89. The molecular formula is C17H19FN4O2S. The Morgan fingerprint density at radius 2 is 1.88 bits per heavy atom. The molecule has 0 radical (unpaired) electrons. The molecule has 2 aromatic carbocycles. The third kappa shape index (κ3) is 4.04. The second-order valence-corrected chi connectivity index (χ2v) is 7.76. The Balaban J connectivity index is 1.68. The van der Waals surface area contributed by atoms with Crippen molar-refractivity contribution >= 4 is 21.1 Å². The van der Waals surface area contributed by atoms with Gasteiger partial charge in [-0.1, -0.05) is 12.1 Å². The van der Waals surface area contributed by atoms with Crippen molar-refractivity contribution in [1.29, 1.82) is 0 Å². The highest BCUT2D eigenvalue weighted by Crippen LogP contribution is 2.15. The first-order valence-electron chi connectivity index (χ1n) is 7.72. The monoisotopic (exact) mass is 362 g/mol. The van der Waals surface area contributed by atoms with Crippen LogP contribution < -0.4 is 4.72 Å². The van der Waals surface area contributed by atoms with E-state index in [2.05, 4.69) is 14.7 Å². The summed E-state index contributed by atoms with van der Waals surface area (Å²) in [7, 11) is -0.0979. The molecule has 0 saturated carbocycles. The molecule has 0 aliphatic heterocycles. The molecule has 0 saturated heterocycles. The number of rotatable bonds is 6. The number of H-pyrrole nitrogens is 1. The second-order valence-electron chi connectivity index (χ2n) is 5.87. The van der Waals surface area contributed by atoms with Gasteiger partial charge in [-0.05, 0) is 50.0 Å². The van der Waals surface area contributed by atoms with Crippen molar-refractivity contribution in [3.05, 3.63) is 59.7 Å². The van der Waals surface area contributed by atoms with Gasteiger partial charge in [0.25, 0.3) is 0 Å². The smallest absolute Gasteiger partial charge is 0.240 e. The number of halogens is 1. The number of aromatic nitrogens is 2. The number of hydrogen-bond donors (Lipinski definition) is 2. The quantitative estimate of drug-likeness (QED) is 0.705. The molecule has 25 heavy (non-hydrogen) atoms. The van der Waals surface area contributed by atoms with Gasteiger partial charge in [-0.25, -0.2) is 22.5 Å². The lowest BCUT2D eigenvalue weighted by atomic mass is 10.2. The predicted molar refractivity (Wildman–Crippen MR) is 93.9 cm³/mol. The Hall–Kier alpha value is -2.29. The lowest BCUT2D eigenvalue weighted by molar-refractivity contribution is 0.312. The first kappa shape index (κ1) is 17.5. The van der Waals surface area contributed by atoms with E-state index in [1.165, 1.54) is 19.2 Å². The summed E-state index contributed by atoms with van der Waals surface area (Å²) in [4.78, 5) is 9.82. The van der Waals surface area contributed by atoms with Crippen LogP contribution in [0.4, 0.5) is 4.39 Å². The molecule has 3 rings (SSSR count). The maximum atomic E-state index is 13.2. The Kier molecular flexibility index (Phi) is 4.85. The zero-order valence-corrected chi connectivity index (χ0v) is 14.8. The van der Waals surface area contributed by atoms with Crippen LogP contribution in [0.2, 0.25) is 0 Å². The molecule has 0 amide bonds. The van der Waals surface area contributed by atoms with Crippen LogP contribution in [0.3, 0.4) is 0 Å². The van der Waals surface area contributed by atoms with Gasteiger partial charge in [0.1, 0.15) is 11.6 Å². The fraction of sp³-hybridized carbons (Fsp3) is 0.235. The molecule has 1 heterocycles. The maximum absolute atomic E-state index is 13.2. The minimum absolute atomic E-state index is 0.237. The Bertz CT molecular complexity index is 984. The molecule has 2 N–H and O–H groups in total. The van der Waals surface area contributed by atoms with Crippen LogP contribution in [0.15, 0.2) is 47.4 Å². The molecule has 132 valence electrons. The van der Waals surface area contributed by atoms with Crippen LogP contribution in [0.25, 0.3) is 11.0 Å². The van der Waals surface area contributed by atoms with Gasteiger partial charge in [-0.15, -0.1) is 0 Å². The average Bonchev–Trinajstić information content (AvgIpc) is 2.96. The number of nitrogens with one attached hydrogen (secondary N) is 2. The molecule has 0 fully saturated rings. The minimum Gasteiger partial charge on any atom is -0.341 e. The van der Waals surface area contributed by atoms with Crippen LogP contribution in [0, 0.1) is 5.82 Å². The van der Waals surface area contributed by atoms with Crippen molar-refractivity contribution in [2.75, 3.05) is 14.1 Å². The van der Waals surface area contributed by atoms with Crippen molar-refractivity contribution in [2.24, 2.45) is 0 Å². The lowest BCUT2D eigenvalue weighted by Gasteiger charge is -2.15. The van der Waals surface area contributed by atoms with Crippen molar-refractivity contribution < 1.29 is 12.8 Å². The summed E-state index contributed by atoms with van der Waals surface area (Å²) in [6.45, 7) is 1.19. The Labute approximate surface area is 145 Å². The van der Waals surface area contributed by atoms with E-state index in [1.807, 2.05) is 11.9 Å². The fourth-order valence-corrected chi connectivity index (χ4v) is 3.35. The summed E-state index contributed by atoms with van der Waals surface area (Å²) in [5, 5.41) is 0. The first-order chi connectivity index (χ1) is 11.9. The predicted octanol–water partition coefficient (Wildman–Crippen LogP) is 2.24. The van der Waals surface area contributed by atoms with Crippen molar-refractivity contribution in [2.45, 2.75) is 18.0 Å². The molecule has 0 aliphatic rings. The number of nitrogens with zero attached hydrogens (tertiary/aromatic N) is 2. The van der Waals surface area contributed by atoms with E-state index in [0.717, 1.165) is 16.9 Å². The van der Waals surface area contributed by atoms with Crippen LogP contribution in [-0.4, -0.2) is 37.4 Å². The Morgan fingerprint density at radius 1 is 1.16 bits per heavy atom.